The first kappa shape index (κ1) is 46.8. The van der Waals surface area contributed by atoms with Crippen LogP contribution in [0.5, 0.6) is 0 Å². The number of ketones is 3. The largest absolute Gasteiger partial charge is 0.456 e. The molecule has 3 heterocycles. The van der Waals surface area contributed by atoms with Gasteiger partial charge in [0.2, 0.25) is 5.79 Å². The van der Waals surface area contributed by atoms with Crippen molar-refractivity contribution in [3.05, 3.63) is 23.3 Å². The highest BCUT2D eigenvalue weighted by atomic mass is 16.7. The molecular weight excluding hydrogens is 738 g/mol. The van der Waals surface area contributed by atoms with Crippen LogP contribution in [0.3, 0.4) is 0 Å². The number of fused-ring (bicyclic) bond motifs is 3. The molecule has 2 saturated heterocycles. The second-order valence-electron chi connectivity index (χ2n) is 17.4. The molecule has 0 aromatic heterocycles. The van der Waals surface area contributed by atoms with Crippen molar-refractivity contribution < 1.29 is 63.3 Å². The molecule has 2 bridgehead atoms. The molecule has 0 radical (unpaired) electrons. The number of allylic oxidation sites excluding steroid dienone is 3. The van der Waals surface area contributed by atoms with Crippen molar-refractivity contribution in [3.63, 3.8) is 0 Å². The second kappa shape index (κ2) is 20.4. The topological polar surface area (TPSA) is 206 Å². The number of amides is 1. The molecule has 14 nitrogen and oxygen atoms in total. The second-order valence-corrected chi connectivity index (χ2v) is 17.4. The molecule has 0 spiro atoms. The Labute approximate surface area is 337 Å². The lowest BCUT2D eigenvalue weighted by atomic mass is 9.81. The lowest BCUT2D eigenvalue weighted by Crippen LogP contribution is -2.64. The Bertz CT molecular complexity index is 1510. The van der Waals surface area contributed by atoms with Crippen LogP contribution in [0.2, 0.25) is 0 Å². The summed E-state index contributed by atoms with van der Waals surface area (Å²) in [5.41, 5.74) is 1.39. The summed E-state index contributed by atoms with van der Waals surface area (Å²) in [4.78, 5) is 69.8. The molecule has 0 aromatic carbocycles. The average molecular weight is 806 g/mol. The molecule has 0 aromatic rings. The van der Waals surface area contributed by atoms with E-state index in [0.717, 1.165) is 10.5 Å². The van der Waals surface area contributed by atoms with Gasteiger partial charge in [-0.15, -0.1) is 0 Å². The SMILES string of the molecule is CO[C@H]1C[C@@H](C)[C@@]2(O)O[C@@H]1[C@@H](O)C[C@@H](C)C/C(C)=C/[C@@H](CC(C)=O)C(=O)C[C@H](O)[C@@H](C)[C@@H](/C(C)=C/[C@@H]1CC[C@@H](O)[C@H](OC)C1)OC(=O)[C@@H]1CCCCN1C(=O)C2=O. The van der Waals surface area contributed by atoms with E-state index in [4.69, 9.17) is 18.9 Å². The van der Waals surface area contributed by atoms with E-state index in [1.165, 1.54) is 21.1 Å². The number of piperidine rings is 1. The van der Waals surface area contributed by atoms with Crippen LogP contribution in [0.4, 0.5) is 0 Å². The maximum atomic E-state index is 14.3. The van der Waals surface area contributed by atoms with E-state index >= 15 is 0 Å². The summed E-state index contributed by atoms with van der Waals surface area (Å²) >= 11 is 0. The van der Waals surface area contributed by atoms with Crippen LogP contribution in [0.1, 0.15) is 112 Å². The molecule has 1 amide bonds. The molecule has 14 heteroatoms. The van der Waals surface area contributed by atoms with Gasteiger partial charge in [0.15, 0.2) is 0 Å². The third-order valence-corrected chi connectivity index (χ3v) is 12.7. The van der Waals surface area contributed by atoms with E-state index in [-0.39, 0.29) is 68.2 Å². The molecule has 57 heavy (non-hydrogen) atoms. The van der Waals surface area contributed by atoms with Gasteiger partial charge < -0.3 is 44.3 Å². The van der Waals surface area contributed by atoms with Crippen LogP contribution >= 0.6 is 0 Å². The lowest BCUT2D eigenvalue weighted by Gasteiger charge is -2.46. The van der Waals surface area contributed by atoms with Gasteiger partial charge >= 0.3 is 5.97 Å². The van der Waals surface area contributed by atoms with E-state index in [9.17, 15) is 44.4 Å². The molecule has 3 fully saturated rings. The number of ether oxygens (including phenoxy) is 4. The van der Waals surface area contributed by atoms with Crippen LogP contribution in [0.25, 0.3) is 0 Å². The number of rotatable bonds is 6. The molecule has 4 rings (SSSR count). The number of nitrogens with zero attached hydrogens (tertiary/aromatic N) is 1. The summed E-state index contributed by atoms with van der Waals surface area (Å²) < 4.78 is 23.4. The van der Waals surface area contributed by atoms with E-state index in [0.29, 0.717) is 44.1 Å². The summed E-state index contributed by atoms with van der Waals surface area (Å²) in [5, 5.41) is 45.4. The van der Waals surface area contributed by atoms with Gasteiger partial charge in [0.05, 0.1) is 30.5 Å². The zero-order chi connectivity index (χ0) is 42.4. The predicted octanol–water partition coefficient (Wildman–Crippen LogP) is 3.39. The number of esters is 1. The lowest BCUT2D eigenvalue weighted by molar-refractivity contribution is -0.301. The molecular formula is C43H67NO13. The van der Waals surface area contributed by atoms with Crippen molar-refractivity contribution in [1.82, 2.24) is 4.90 Å². The third kappa shape index (κ3) is 11.5. The average Bonchev–Trinajstić information content (AvgIpc) is 3.16. The van der Waals surface area contributed by atoms with Gasteiger partial charge in [-0.05, 0) is 96.0 Å². The Morgan fingerprint density at radius 1 is 0.912 bits per heavy atom. The van der Waals surface area contributed by atoms with Gasteiger partial charge in [0.25, 0.3) is 11.7 Å². The van der Waals surface area contributed by atoms with Gasteiger partial charge in [-0.2, -0.15) is 0 Å². The first-order chi connectivity index (χ1) is 26.8. The fraction of sp³-hybridized carbons (Fsp3) is 0.791. The maximum Gasteiger partial charge on any atom is 0.329 e. The van der Waals surface area contributed by atoms with Crippen molar-refractivity contribution in [2.45, 2.75) is 167 Å². The minimum absolute atomic E-state index is 0.0396. The number of cyclic esters (lactones) is 1. The van der Waals surface area contributed by atoms with Gasteiger partial charge in [-0.25, -0.2) is 4.79 Å². The van der Waals surface area contributed by atoms with Gasteiger partial charge in [-0.1, -0.05) is 38.5 Å². The monoisotopic (exact) mass is 805 g/mol. The summed E-state index contributed by atoms with van der Waals surface area (Å²) in [7, 11) is 2.98. The van der Waals surface area contributed by atoms with Crippen molar-refractivity contribution in [3.8, 4) is 0 Å². The summed E-state index contributed by atoms with van der Waals surface area (Å²) in [6.45, 7) is 10.2. The Balaban J connectivity index is 1.78. The molecule has 1 saturated carbocycles. The van der Waals surface area contributed by atoms with Crippen LogP contribution in [-0.2, 0) is 42.9 Å². The number of aliphatic hydroxyl groups excluding tert-OH is 3. The van der Waals surface area contributed by atoms with Crippen molar-refractivity contribution in [2.75, 3.05) is 20.8 Å². The molecule has 0 unspecified atom stereocenters. The highest BCUT2D eigenvalue weighted by Crippen LogP contribution is 2.39. The quantitative estimate of drug-likeness (QED) is 0.173. The Kier molecular flexibility index (Phi) is 16.8. The Hall–Kier alpha value is -2.85. The Morgan fingerprint density at radius 3 is 2.25 bits per heavy atom. The van der Waals surface area contributed by atoms with E-state index in [1.807, 2.05) is 19.9 Å². The van der Waals surface area contributed by atoms with E-state index in [2.05, 4.69) is 0 Å². The van der Waals surface area contributed by atoms with Crippen LogP contribution < -0.4 is 0 Å². The normalized spacial score (nSPS) is 41.0. The highest BCUT2D eigenvalue weighted by molar-refractivity contribution is 6.39. The molecule has 1 aliphatic carbocycles. The minimum Gasteiger partial charge on any atom is -0.456 e. The molecule has 4 aliphatic rings. The molecule has 4 N–H and O–H groups in total. The molecule has 3 aliphatic heterocycles. The fourth-order valence-electron chi connectivity index (χ4n) is 9.32. The van der Waals surface area contributed by atoms with Crippen LogP contribution in [0.15, 0.2) is 23.3 Å². The van der Waals surface area contributed by atoms with Crippen LogP contribution in [-0.4, -0.2) is 130 Å². The zero-order valence-electron chi connectivity index (χ0n) is 35.1. The number of aliphatic hydroxyl groups is 4. The number of carbonyl (C=O) groups excluding carboxylic acids is 5. The smallest absolute Gasteiger partial charge is 0.329 e. The first-order valence-electron chi connectivity index (χ1n) is 20.7. The molecule has 14 atom stereocenters. The van der Waals surface area contributed by atoms with E-state index in [1.54, 1.807) is 26.8 Å². The maximum absolute atomic E-state index is 14.3. The Morgan fingerprint density at radius 2 is 1.60 bits per heavy atom. The number of hydrogen-bond donors (Lipinski definition) is 4. The fourth-order valence-corrected chi connectivity index (χ4v) is 9.32. The van der Waals surface area contributed by atoms with Crippen molar-refractivity contribution in [2.24, 2.45) is 29.6 Å². The van der Waals surface area contributed by atoms with E-state index < -0.39 is 83.9 Å². The molecule has 322 valence electrons. The number of Topliss-reactive ketones (excluding diaryl/α,β-unsaturated/α-hetero) is 3. The van der Waals surface area contributed by atoms with Crippen molar-refractivity contribution >= 4 is 29.2 Å². The highest BCUT2D eigenvalue weighted by Gasteiger charge is 2.56. The summed E-state index contributed by atoms with van der Waals surface area (Å²) in [5.74, 6) is -9.12. The number of methoxy groups -OCH3 is 2. The number of carbonyl (C=O) groups is 5. The summed E-state index contributed by atoms with van der Waals surface area (Å²) in [6.07, 6.45) is 0.400. The van der Waals surface area contributed by atoms with Gasteiger partial charge in [-0.3, -0.25) is 19.2 Å². The van der Waals surface area contributed by atoms with Crippen LogP contribution in [0, 0.1) is 29.6 Å². The minimum atomic E-state index is -2.62. The predicted molar refractivity (Wildman–Crippen MR) is 208 cm³/mol. The zero-order valence-corrected chi connectivity index (χ0v) is 35.1. The summed E-state index contributed by atoms with van der Waals surface area (Å²) in [6, 6.07) is -1.20. The van der Waals surface area contributed by atoms with Gasteiger partial charge in [0.1, 0.15) is 29.8 Å². The first-order valence-corrected chi connectivity index (χ1v) is 20.7. The standard InChI is InChI=1S/C43H67NO13/c1-23-15-24(2)17-35(49)39-37(55-8)19-26(4)43(53,57-39)40(50)41(51)44-14-10-9-11-31(44)42(52)56-38(25(3)18-29-12-13-32(46)36(21-29)54-7)28(6)33(47)22-34(48)30(16-23)20-27(5)45/h16,18,24,26,28-33,35-39,46-47,49,53H,9-15,17,19-22H2,1-8H3/b23-16+,25-18+/t24-,26+,28+,29-,30-,31-,32+,33-,35-,36+,37-,38+,39+,43+/m0/s1. The van der Waals surface area contributed by atoms with Gasteiger partial charge in [0, 0.05) is 51.4 Å². The van der Waals surface area contributed by atoms with Crippen molar-refractivity contribution in [1.29, 1.82) is 0 Å². The number of hydrogen-bond acceptors (Lipinski definition) is 13. The third-order valence-electron chi connectivity index (χ3n) is 12.7.